The maximum Gasteiger partial charge on any atom is 0.361 e. The molecule has 63 heavy (non-hydrogen) atoms. The van der Waals surface area contributed by atoms with E-state index in [1.165, 1.54) is 9.80 Å². The fourth-order valence-corrected chi connectivity index (χ4v) is 11.4. The molecule has 7 atom stereocenters. The summed E-state index contributed by atoms with van der Waals surface area (Å²) in [4.78, 5) is 103. The molecule has 330 valence electrons. The third kappa shape index (κ3) is 7.59. The maximum atomic E-state index is 15.2. The number of rotatable bonds is 6. The van der Waals surface area contributed by atoms with Gasteiger partial charge in [-0.2, -0.15) is 0 Å². The summed E-state index contributed by atoms with van der Waals surface area (Å²) in [5.41, 5.74) is 6.74. The van der Waals surface area contributed by atoms with E-state index in [1.807, 2.05) is 54.7 Å². The number of aromatic nitrogens is 2. The van der Waals surface area contributed by atoms with Crippen LogP contribution < -0.4 is 27.0 Å². The molecule has 3 aliphatic heterocycles. The Morgan fingerprint density at radius 3 is 1.95 bits per heavy atom. The SMILES string of the molecule is C#[N+][C@]12CCCC[C@H]1C[C@H]1C(=O)N[C@@H](Cc3c[nH]c4ccccc34)C(=O)NC3(CCCC3)C(=O)N[C@@H](Cc3c[nH]c4ccccc34)C(=O)N[C@@H](CCN)C(=O)N3CCC[C@@H]3C(=O)N12. The van der Waals surface area contributed by atoms with Gasteiger partial charge in [-0.15, -0.1) is 0 Å². The van der Waals surface area contributed by atoms with Gasteiger partial charge < -0.3 is 41.9 Å². The number of para-hydroxylation sites is 2. The first-order chi connectivity index (χ1) is 30.6. The lowest BCUT2D eigenvalue weighted by Gasteiger charge is -2.38. The maximum absolute atomic E-state index is 15.2. The molecule has 5 fully saturated rings. The minimum atomic E-state index is -1.41. The number of H-pyrrole nitrogens is 2. The molecule has 6 amide bonds. The average Bonchev–Trinajstić information content (AvgIpc) is 4.15. The lowest BCUT2D eigenvalue weighted by atomic mass is 9.79. The summed E-state index contributed by atoms with van der Waals surface area (Å²) in [5, 5.41) is 13.8. The molecule has 2 aromatic heterocycles. The summed E-state index contributed by atoms with van der Waals surface area (Å²) >= 11 is 0. The number of nitrogens with zero attached hydrogens (tertiary/aromatic N) is 3. The van der Waals surface area contributed by atoms with E-state index in [1.54, 1.807) is 6.20 Å². The number of fused-ring (bicyclic) bond motifs is 6. The summed E-state index contributed by atoms with van der Waals surface area (Å²) in [6, 6.07) is 9.85. The number of hydrogen-bond acceptors (Lipinski definition) is 7. The standard InChI is InChI=1S/C47H56N10O6/c1-49-47-20-7-6-11-30(47)25-39-42(60)53-37(24-29-27-51-34-15-5-3-13-32(29)34)41(59)55-46(18-8-9-19-46)45(63)54-36(23-28-26-50-33-14-4-2-12-31(28)33)40(58)52-35(17-21-48)43(61)56-22-10-16-38(56)44(62)57(39)47/h1-5,12-15,26-27,30,35-39,50-51H,6-11,16-25,48H2,(H3-,52,53,54,55,58,59,60,63)/p+1/t30-,35-,36-,37-,38+,39-,47-/m0/s1. The Kier molecular flexibility index (Phi) is 11.5. The van der Waals surface area contributed by atoms with Crippen molar-refractivity contribution in [3.8, 4) is 6.57 Å². The summed E-state index contributed by atoms with van der Waals surface area (Å²) in [6.07, 6.45) is 9.61. The fraction of sp³-hybridized carbons (Fsp3) is 0.511. The van der Waals surface area contributed by atoms with Crippen LogP contribution in [0.2, 0.25) is 0 Å². The second-order valence-corrected chi connectivity index (χ2v) is 18.2. The van der Waals surface area contributed by atoms with Crippen LogP contribution in [0.25, 0.3) is 26.7 Å². The van der Waals surface area contributed by atoms with Gasteiger partial charge in [0, 0.05) is 53.6 Å². The lowest BCUT2D eigenvalue weighted by molar-refractivity contribution is -0.152. The van der Waals surface area contributed by atoms with Crippen LogP contribution in [-0.4, -0.2) is 110 Å². The van der Waals surface area contributed by atoms with E-state index in [0.29, 0.717) is 51.4 Å². The number of aromatic amines is 2. The smallest absolute Gasteiger partial charge is 0.361 e. The topological polar surface area (TPSA) is 219 Å². The molecule has 16 nitrogen and oxygen atoms in total. The van der Waals surface area contributed by atoms with Gasteiger partial charge in [-0.3, -0.25) is 33.7 Å². The van der Waals surface area contributed by atoms with Gasteiger partial charge in [0.1, 0.15) is 35.7 Å². The second-order valence-electron chi connectivity index (χ2n) is 18.2. The largest absolute Gasteiger partial charge is 0.361 e. The zero-order chi connectivity index (χ0) is 43.9. The van der Waals surface area contributed by atoms with Crippen LogP contribution in [0.15, 0.2) is 60.9 Å². The molecule has 0 radical (unpaired) electrons. The Balaban J connectivity index is 1.14. The second kappa shape index (κ2) is 17.2. The summed E-state index contributed by atoms with van der Waals surface area (Å²) < 4.78 is 0. The Bertz CT molecular complexity index is 2480. The first-order valence-electron chi connectivity index (χ1n) is 22.7. The fourth-order valence-electron chi connectivity index (χ4n) is 11.4. The van der Waals surface area contributed by atoms with Crippen molar-refractivity contribution in [3.63, 3.8) is 0 Å². The molecule has 16 heteroatoms. The molecule has 2 saturated carbocycles. The van der Waals surface area contributed by atoms with Gasteiger partial charge in [-0.25, -0.2) is 0 Å². The number of hydrogen-bond donors (Lipinski definition) is 7. The third-order valence-corrected chi connectivity index (χ3v) is 14.6. The molecule has 3 saturated heterocycles. The molecule has 9 rings (SSSR count). The quantitative estimate of drug-likeness (QED) is 0.154. The van der Waals surface area contributed by atoms with Crippen molar-refractivity contribution in [2.75, 3.05) is 13.1 Å². The minimum absolute atomic E-state index is 0.0582. The molecule has 0 bridgehead atoms. The zero-order valence-electron chi connectivity index (χ0n) is 35.5. The van der Waals surface area contributed by atoms with Gasteiger partial charge in [0.15, 0.2) is 0 Å². The van der Waals surface area contributed by atoms with Gasteiger partial charge in [-0.1, -0.05) is 60.5 Å². The predicted octanol–water partition coefficient (Wildman–Crippen LogP) is 3.12. The van der Waals surface area contributed by atoms with Crippen LogP contribution in [0.5, 0.6) is 0 Å². The van der Waals surface area contributed by atoms with Gasteiger partial charge in [0.25, 0.3) is 12.5 Å². The highest BCUT2D eigenvalue weighted by Crippen LogP contribution is 2.50. The van der Waals surface area contributed by atoms with Crippen molar-refractivity contribution in [1.82, 2.24) is 41.0 Å². The summed E-state index contributed by atoms with van der Waals surface area (Å²) in [7, 11) is 0. The highest BCUT2D eigenvalue weighted by molar-refractivity contribution is 6.01. The Morgan fingerprint density at radius 1 is 0.683 bits per heavy atom. The molecule has 5 heterocycles. The van der Waals surface area contributed by atoms with Crippen molar-refractivity contribution in [1.29, 1.82) is 0 Å². The third-order valence-electron chi connectivity index (χ3n) is 14.6. The minimum Gasteiger partial charge on any atom is -0.361 e. The Hall–Kier alpha value is -6.21. The number of amides is 6. The van der Waals surface area contributed by atoms with E-state index in [-0.39, 0.29) is 44.7 Å². The van der Waals surface area contributed by atoms with E-state index in [2.05, 4.69) is 36.1 Å². The van der Waals surface area contributed by atoms with Crippen molar-refractivity contribution in [2.24, 2.45) is 11.7 Å². The normalized spacial score (nSPS) is 29.3. The van der Waals surface area contributed by atoms with E-state index in [4.69, 9.17) is 12.3 Å². The molecule has 5 aliphatic rings. The Labute approximate surface area is 365 Å². The van der Waals surface area contributed by atoms with Crippen LogP contribution in [0.4, 0.5) is 0 Å². The van der Waals surface area contributed by atoms with Crippen LogP contribution in [-0.2, 0) is 41.6 Å². The van der Waals surface area contributed by atoms with E-state index >= 15 is 4.79 Å². The molecule has 2 aromatic carbocycles. The number of carbonyl (C=O) groups is 6. The first kappa shape index (κ1) is 42.1. The number of nitrogens with one attached hydrogen (secondary N) is 6. The first-order valence-corrected chi connectivity index (χ1v) is 22.7. The number of benzene rings is 2. The average molecular weight is 858 g/mol. The predicted molar refractivity (Wildman–Crippen MR) is 236 cm³/mol. The summed E-state index contributed by atoms with van der Waals surface area (Å²) in [6.45, 7) is 6.59. The Morgan fingerprint density at radius 2 is 1.30 bits per heavy atom. The molecule has 4 aromatic rings. The summed E-state index contributed by atoms with van der Waals surface area (Å²) in [5.74, 6) is -3.36. The monoisotopic (exact) mass is 857 g/mol. The number of nitrogens with two attached hydrogens (primary N) is 1. The van der Waals surface area contributed by atoms with Gasteiger partial charge in [0.2, 0.25) is 29.5 Å². The van der Waals surface area contributed by atoms with Gasteiger partial charge >= 0.3 is 5.66 Å². The van der Waals surface area contributed by atoms with Crippen LogP contribution >= 0.6 is 0 Å². The highest BCUT2D eigenvalue weighted by atomic mass is 16.2. The van der Waals surface area contributed by atoms with Crippen LogP contribution in [0, 0.1) is 12.5 Å². The zero-order valence-corrected chi connectivity index (χ0v) is 35.5. The molecular formula is C47H57N10O6+. The van der Waals surface area contributed by atoms with E-state index in [0.717, 1.165) is 45.8 Å². The highest BCUT2D eigenvalue weighted by Gasteiger charge is 2.67. The molecule has 0 unspecified atom stereocenters. The van der Waals surface area contributed by atoms with Crippen molar-refractivity contribution >= 4 is 57.2 Å². The van der Waals surface area contributed by atoms with E-state index < -0.39 is 76.9 Å². The van der Waals surface area contributed by atoms with Crippen molar-refractivity contribution < 1.29 is 28.8 Å². The van der Waals surface area contributed by atoms with Crippen molar-refractivity contribution in [3.05, 3.63) is 76.9 Å². The van der Waals surface area contributed by atoms with Gasteiger partial charge in [-0.05, 0) is 81.2 Å². The van der Waals surface area contributed by atoms with E-state index in [9.17, 15) is 24.0 Å². The molecule has 1 spiro atoms. The lowest BCUT2D eigenvalue weighted by Crippen LogP contribution is -2.66. The van der Waals surface area contributed by atoms with Crippen LogP contribution in [0.1, 0.15) is 88.2 Å². The van der Waals surface area contributed by atoms with Gasteiger partial charge in [0.05, 0.1) is 12.3 Å². The van der Waals surface area contributed by atoms with Crippen LogP contribution in [0.3, 0.4) is 0 Å². The number of carbonyl (C=O) groups excluding carboxylic acids is 6. The molecule has 2 aliphatic carbocycles. The van der Waals surface area contributed by atoms with Crippen molar-refractivity contribution in [2.45, 2.75) is 131 Å². The molecular weight excluding hydrogens is 801 g/mol. The molecule has 8 N–H and O–H groups in total.